The first-order valence-corrected chi connectivity index (χ1v) is 7.76. The van der Waals surface area contributed by atoms with E-state index in [1.165, 1.54) is 12.0 Å². The number of likely N-dealkylation sites (tertiary alicyclic amines) is 1. The summed E-state index contributed by atoms with van der Waals surface area (Å²) in [4.78, 5) is 6.73. The Morgan fingerprint density at radius 1 is 1.43 bits per heavy atom. The molecular weight excluding hydrogens is 268 g/mol. The van der Waals surface area contributed by atoms with Crippen LogP contribution in [0, 0.1) is 5.92 Å². The second-order valence-corrected chi connectivity index (χ2v) is 5.98. The summed E-state index contributed by atoms with van der Waals surface area (Å²) in [5.74, 6) is 0.889. The Hall–Kier alpha value is -1.17. The molecule has 0 unspecified atom stereocenters. The summed E-state index contributed by atoms with van der Waals surface area (Å²) in [6.07, 6.45) is 4.76. The van der Waals surface area contributed by atoms with Gasteiger partial charge in [0.05, 0.1) is 19.8 Å². The highest BCUT2D eigenvalue weighted by atomic mass is 16.5. The molecule has 0 aliphatic carbocycles. The van der Waals surface area contributed by atoms with Crippen LogP contribution in [0.15, 0.2) is 18.3 Å². The number of aliphatic hydroxyl groups excluding tert-OH is 1. The van der Waals surface area contributed by atoms with Gasteiger partial charge < -0.3 is 14.6 Å². The molecule has 0 spiro atoms. The molecule has 3 heterocycles. The largest absolute Gasteiger partial charge is 0.481 e. The number of hydrogen-bond acceptors (Lipinski definition) is 5. The van der Waals surface area contributed by atoms with Crippen molar-refractivity contribution in [3.8, 4) is 5.88 Å². The van der Waals surface area contributed by atoms with Crippen LogP contribution in [0.3, 0.4) is 0 Å². The van der Waals surface area contributed by atoms with Gasteiger partial charge in [0.15, 0.2) is 0 Å². The van der Waals surface area contributed by atoms with Crippen LogP contribution in [0.1, 0.15) is 24.8 Å². The molecule has 2 saturated heterocycles. The molecule has 0 aromatic carbocycles. The van der Waals surface area contributed by atoms with E-state index in [1.54, 1.807) is 7.11 Å². The first-order chi connectivity index (χ1) is 10.3. The summed E-state index contributed by atoms with van der Waals surface area (Å²) in [6, 6.07) is 4.39. The quantitative estimate of drug-likeness (QED) is 0.910. The van der Waals surface area contributed by atoms with Gasteiger partial charge in [0.1, 0.15) is 0 Å². The van der Waals surface area contributed by atoms with Gasteiger partial charge in [0, 0.05) is 37.4 Å². The summed E-state index contributed by atoms with van der Waals surface area (Å²) < 4.78 is 10.7. The molecule has 0 radical (unpaired) electrons. The first kappa shape index (κ1) is 14.8. The van der Waals surface area contributed by atoms with Gasteiger partial charge in [-0.1, -0.05) is 6.07 Å². The van der Waals surface area contributed by atoms with E-state index < -0.39 is 0 Å². The summed E-state index contributed by atoms with van der Waals surface area (Å²) in [5, 5.41) is 10.2. The second-order valence-electron chi connectivity index (χ2n) is 5.98. The molecule has 5 heteroatoms. The number of pyridine rings is 1. The number of aromatic nitrogens is 1. The topological polar surface area (TPSA) is 54.8 Å². The van der Waals surface area contributed by atoms with Gasteiger partial charge in [-0.3, -0.25) is 4.90 Å². The summed E-state index contributed by atoms with van der Waals surface area (Å²) in [5.41, 5.74) is 1.19. The van der Waals surface area contributed by atoms with E-state index in [2.05, 4.69) is 16.0 Å². The van der Waals surface area contributed by atoms with Crippen LogP contribution in [0.4, 0.5) is 0 Å². The molecule has 0 saturated carbocycles. The van der Waals surface area contributed by atoms with Crippen LogP contribution >= 0.6 is 0 Å². The summed E-state index contributed by atoms with van der Waals surface area (Å²) in [7, 11) is 1.63. The molecule has 0 amide bonds. The molecule has 2 aliphatic heterocycles. The molecule has 2 fully saturated rings. The van der Waals surface area contributed by atoms with Gasteiger partial charge in [0.25, 0.3) is 0 Å². The number of methoxy groups -OCH3 is 1. The third-order valence-corrected chi connectivity index (χ3v) is 4.66. The Kier molecular flexibility index (Phi) is 4.73. The SMILES string of the molecule is COc1ccc(CN2CCC[C@@H]2[C@@H]2COCC[C@H]2O)cn1. The number of nitrogens with zero attached hydrogens (tertiary/aromatic N) is 2. The first-order valence-electron chi connectivity index (χ1n) is 7.76. The Morgan fingerprint density at radius 3 is 3.05 bits per heavy atom. The highest BCUT2D eigenvalue weighted by Crippen LogP contribution is 2.30. The van der Waals surface area contributed by atoms with Gasteiger partial charge in [0.2, 0.25) is 5.88 Å². The third-order valence-electron chi connectivity index (χ3n) is 4.66. The Labute approximate surface area is 125 Å². The van der Waals surface area contributed by atoms with Crippen molar-refractivity contribution in [1.29, 1.82) is 0 Å². The highest BCUT2D eigenvalue weighted by Gasteiger charge is 2.37. The maximum absolute atomic E-state index is 10.2. The molecule has 1 N–H and O–H groups in total. The van der Waals surface area contributed by atoms with E-state index in [-0.39, 0.29) is 12.0 Å². The summed E-state index contributed by atoms with van der Waals surface area (Å²) >= 11 is 0. The van der Waals surface area contributed by atoms with E-state index in [1.807, 2.05) is 12.3 Å². The zero-order chi connectivity index (χ0) is 14.7. The van der Waals surface area contributed by atoms with Crippen LogP contribution in [0.25, 0.3) is 0 Å². The minimum atomic E-state index is -0.224. The fourth-order valence-corrected chi connectivity index (χ4v) is 3.51. The van der Waals surface area contributed by atoms with E-state index in [0.29, 0.717) is 25.1 Å². The van der Waals surface area contributed by atoms with Crippen molar-refractivity contribution in [1.82, 2.24) is 9.88 Å². The summed E-state index contributed by atoms with van der Waals surface area (Å²) in [6.45, 7) is 3.33. The zero-order valence-electron chi connectivity index (χ0n) is 12.6. The lowest BCUT2D eigenvalue weighted by atomic mass is 9.89. The Balaban J connectivity index is 1.65. The maximum atomic E-state index is 10.2. The molecule has 1 aromatic rings. The minimum absolute atomic E-state index is 0.224. The second kappa shape index (κ2) is 6.73. The predicted molar refractivity (Wildman–Crippen MR) is 79.2 cm³/mol. The van der Waals surface area contributed by atoms with Crippen molar-refractivity contribution in [2.75, 3.05) is 26.9 Å². The number of rotatable bonds is 4. The molecule has 5 nitrogen and oxygen atoms in total. The van der Waals surface area contributed by atoms with E-state index in [0.717, 1.165) is 25.9 Å². The average Bonchev–Trinajstić information content (AvgIpc) is 2.96. The molecule has 2 aliphatic rings. The van der Waals surface area contributed by atoms with Crippen molar-refractivity contribution < 1.29 is 14.6 Å². The van der Waals surface area contributed by atoms with Gasteiger partial charge >= 0.3 is 0 Å². The predicted octanol–water partition coefficient (Wildman–Crippen LogP) is 1.45. The minimum Gasteiger partial charge on any atom is -0.481 e. The molecule has 116 valence electrons. The zero-order valence-corrected chi connectivity index (χ0v) is 12.6. The Morgan fingerprint density at radius 2 is 2.33 bits per heavy atom. The van der Waals surface area contributed by atoms with E-state index >= 15 is 0 Å². The molecule has 3 atom stereocenters. The van der Waals surface area contributed by atoms with Gasteiger partial charge in [-0.15, -0.1) is 0 Å². The van der Waals surface area contributed by atoms with Crippen LogP contribution in [0.5, 0.6) is 5.88 Å². The average molecular weight is 292 g/mol. The number of hydrogen-bond donors (Lipinski definition) is 1. The molecule has 1 aromatic heterocycles. The van der Waals surface area contributed by atoms with Crippen LogP contribution < -0.4 is 4.74 Å². The van der Waals surface area contributed by atoms with Crippen molar-refractivity contribution in [3.05, 3.63) is 23.9 Å². The fraction of sp³-hybridized carbons (Fsp3) is 0.688. The van der Waals surface area contributed by atoms with Gasteiger partial charge in [-0.05, 0) is 31.4 Å². The van der Waals surface area contributed by atoms with E-state index in [9.17, 15) is 5.11 Å². The van der Waals surface area contributed by atoms with Gasteiger partial charge in [-0.2, -0.15) is 0 Å². The third kappa shape index (κ3) is 3.36. The highest BCUT2D eigenvalue weighted by molar-refractivity contribution is 5.18. The van der Waals surface area contributed by atoms with Crippen molar-refractivity contribution >= 4 is 0 Å². The lowest BCUT2D eigenvalue weighted by molar-refractivity contribution is -0.0636. The normalized spacial score (nSPS) is 30.5. The molecule has 0 bridgehead atoms. The lowest BCUT2D eigenvalue weighted by Crippen LogP contribution is -2.45. The standard InChI is InChI=1S/C16H24N2O3/c1-20-16-5-4-12(9-17-16)10-18-7-2-3-14(18)13-11-21-8-6-15(13)19/h4-5,9,13-15,19H,2-3,6-8,10-11H2,1H3/t13-,14+,15+/m0/s1. The molecule has 3 rings (SSSR count). The maximum Gasteiger partial charge on any atom is 0.212 e. The number of aliphatic hydroxyl groups is 1. The van der Waals surface area contributed by atoms with Crippen molar-refractivity contribution in [2.45, 2.75) is 38.0 Å². The number of ether oxygens (including phenoxy) is 2. The van der Waals surface area contributed by atoms with Crippen LogP contribution in [-0.2, 0) is 11.3 Å². The molecule has 21 heavy (non-hydrogen) atoms. The molecular formula is C16H24N2O3. The van der Waals surface area contributed by atoms with Crippen LogP contribution in [0.2, 0.25) is 0 Å². The monoisotopic (exact) mass is 292 g/mol. The smallest absolute Gasteiger partial charge is 0.212 e. The van der Waals surface area contributed by atoms with Crippen molar-refractivity contribution in [2.24, 2.45) is 5.92 Å². The lowest BCUT2D eigenvalue weighted by Gasteiger charge is -2.37. The Bertz CT molecular complexity index is 451. The van der Waals surface area contributed by atoms with Crippen molar-refractivity contribution in [3.63, 3.8) is 0 Å². The van der Waals surface area contributed by atoms with E-state index in [4.69, 9.17) is 9.47 Å². The fourth-order valence-electron chi connectivity index (χ4n) is 3.51. The van der Waals surface area contributed by atoms with Crippen LogP contribution in [-0.4, -0.2) is 54.0 Å². The van der Waals surface area contributed by atoms with Gasteiger partial charge in [-0.25, -0.2) is 4.98 Å².